The van der Waals surface area contributed by atoms with Crippen LogP contribution in [0.2, 0.25) is 0 Å². The van der Waals surface area contributed by atoms with Gasteiger partial charge in [0.25, 0.3) is 5.91 Å². The summed E-state index contributed by atoms with van der Waals surface area (Å²) in [6, 6.07) is 3.65. The van der Waals surface area contributed by atoms with E-state index >= 15 is 0 Å². The van der Waals surface area contributed by atoms with E-state index in [1.165, 1.54) is 15.6 Å². The molecule has 1 aliphatic heterocycles. The molecule has 0 N–H and O–H groups in total. The van der Waals surface area contributed by atoms with Gasteiger partial charge in [0.05, 0.1) is 10.6 Å². The maximum atomic E-state index is 12.2. The van der Waals surface area contributed by atoms with Gasteiger partial charge in [0.1, 0.15) is 0 Å². The number of sulfonamides is 1. The first-order valence-electron chi connectivity index (χ1n) is 6.35. The molecule has 5 nitrogen and oxygen atoms in total. The molecule has 7 heteroatoms. The van der Waals surface area contributed by atoms with Crippen molar-refractivity contribution in [3.63, 3.8) is 0 Å². The van der Waals surface area contributed by atoms with Crippen LogP contribution in [0.1, 0.15) is 23.0 Å². The molecular formula is C12H18N2O3S2. The van der Waals surface area contributed by atoms with Gasteiger partial charge in [-0.2, -0.15) is 0 Å². The minimum atomic E-state index is -3.15. The number of nitrogens with zero attached hydrogens (tertiary/aromatic N) is 2. The second-order valence-electron chi connectivity index (χ2n) is 4.42. The molecule has 19 heavy (non-hydrogen) atoms. The van der Waals surface area contributed by atoms with E-state index in [0.29, 0.717) is 37.5 Å². The Morgan fingerprint density at radius 1 is 1.32 bits per heavy atom. The van der Waals surface area contributed by atoms with Crippen molar-refractivity contribution in [1.82, 2.24) is 9.21 Å². The van der Waals surface area contributed by atoms with Crippen molar-refractivity contribution in [3.8, 4) is 0 Å². The van der Waals surface area contributed by atoms with Crippen LogP contribution in [0.25, 0.3) is 0 Å². The van der Waals surface area contributed by atoms with Gasteiger partial charge in [-0.25, -0.2) is 12.7 Å². The highest BCUT2D eigenvalue weighted by Crippen LogP contribution is 2.15. The fraction of sp³-hybridized carbons (Fsp3) is 0.583. The summed E-state index contributed by atoms with van der Waals surface area (Å²) in [4.78, 5) is 14.7. The first-order valence-corrected chi connectivity index (χ1v) is 8.84. The predicted molar refractivity (Wildman–Crippen MR) is 75.9 cm³/mol. The first kappa shape index (κ1) is 14.5. The van der Waals surface area contributed by atoms with Crippen LogP contribution in [-0.4, -0.2) is 55.5 Å². The number of carbonyl (C=O) groups excluding carboxylic acids is 1. The van der Waals surface area contributed by atoms with Gasteiger partial charge in [0.2, 0.25) is 10.0 Å². The van der Waals surface area contributed by atoms with Gasteiger partial charge in [0.15, 0.2) is 0 Å². The highest BCUT2D eigenvalue weighted by Gasteiger charge is 2.26. The van der Waals surface area contributed by atoms with Gasteiger partial charge < -0.3 is 4.90 Å². The third-order valence-corrected chi connectivity index (χ3v) is 5.97. The maximum absolute atomic E-state index is 12.2. The van der Waals surface area contributed by atoms with Crippen LogP contribution in [0, 0.1) is 0 Å². The second-order valence-corrected chi connectivity index (χ2v) is 7.63. The molecule has 0 aliphatic carbocycles. The molecule has 0 radical (unpaired) electrons. The number of carbonyl (C=O) groups is 1. The number of amides is 1. The SMILES string of the molecule is CCS(=O)(=O)N1CCCN(C(=O)c2cccs2)CC1. The van der Waals surface area contributed by atoms with Crippen LogP contribution in [0.3, 0.4) is 0 Å². The number of hydrogen-bond donors (Lipinski definition) is 0. The molecule has 0 saturated carbocycles. The quantitative estimate of drug-likeness (QED) is 0.844. The second kappa shape index (κ2) is 6.02. The van der Waals surface area contributed by atoms with E-state index < -0.39 is 10.0 Å². The molecule has 1 aromatic rings. The zero-order chi connectivity index (χ0) is 13.9. The van der Waals surface area contributed by atoms with Crippen LogP contribution in [0.15, 0.2) is 17.5 Å². The average Bonchev–Trinajstić information content (AvgIpc) is 2.81. The normalized spacial score (nSPS) is 18.3. The van der Waals surface area contributed by atoms with E-state index in [4.69, 9.17) is 0 Å². The van der Waals surface area contributed by atoms with Crippen LogP contribution in [0.4, 0.5) is 0 Å². The molecule has 0 spiro atoms. The van der Waals surface area contributed by atoms with E-state index in [1.807, 2.05) is 11.4 Å². The molecule has 106 valence electrons. The van der Waals surface area contributed by atoms with Crippen molar-refractivity contribution in [2.24, 2.45) is 0 Å². The Balaban J connectivity index is 2.03. The standard InChI is InChI=1S/C12H18N2O3S2/c1-2-19(16,17)14-7-4-6-13(8-9-14)12(15)11-5-3-10-18-11/h3,5,10H,2,4,6-9H2,1H3. The van der Waals surface area contributed by atoms with Gasteiger partial charge in [-0.15, -0.1) is 11.3 Å². The molecule has 2 rings (SSSR count). The van der Waals surface area contributed by atoms with Crippen molar-refractivity contribution >= 4 is 27.3 Å². The monoisotopic (exact) mass is 302 g/mol. The topological polar surface area (TPSA) is 57.7 Å². The molecule has 1 saturated heterocycles. The Labute approximate surface area is 117 Å². The summed E-state index contributed by atoms with van der Waals surface area (Å²) in [5, 5.41) is 1.87. The Bertz CT molecular complexity index is 525. The number of thiophene rings is 1. The third-order valence-electron chi connectivity index (χ3n) is 3.23. The predicted octanol–water partition coefficient (Wildman–Crippen LogP) is 1.25. The highest BCUT2D eigenvalue weighted by atomic mass is 32.2. The molecule has 0 bridgehead atoms. The smallest absolute Gasteiger partial charge is 0.263 e. The van der Waals surface area contributed by atoms with Crippen molar-refractivity contribution < 1.29 is 13.2 Å². The number of hydrogen-bond acceptors (Lipinski definition) is 4. The molecule has 1 aromatic heterocycles. The molecule has 0 unspecified atom stereocenters. The molecule has 1 aliphatic rings. The van der Waals surface area contributed by atoms with Crippen LogP contribution < -0.4 is 0 Å². The fourth-order valence-electron chi connectivity index (χ4n) is 2.11. The summed E-state index contributed by atoms with van der Waals surface area (Å²) in [6.07, 6.45) is 0.691. The van der Waals surface area contributed by atoms with Crippen LogP contribution in [-0.2, 0) is 10.0 Å². The summed E-state index contributed by atoms with van der Waals surface area (Å²) in [5.41, 5.74) is 0. The average molecular weight is 302 g/mol. The van der Waals surface area contributed by atoms with Crippen molar-refractivity contribution in [1.29, 1.82) is 0 Å². The van der Waals surface area contributed by atoms with Crippen molar-refractivity contribution in [3.05, 3.63) is 22.4 Å². The van der Waals surface area contributed by atoms with Crippen molar-refractivity contribution in [2.75, 3.05) is 31.9 Å². The van der Waals surface area contributed by atoms with E-state index in [9.17, 15) is 13.2 Å². The molecule has 1 amide bonds. The van der Waals surface area contributed by atoms with E-state index in [0.717, 1.165) is 0 Å². The Kier molecular flexibility index (Phi) is 4.59. The Morgan fingerprint density at radius 3 is 2.74 bits per heavy atom. The van der Waals surface area contributed by atoms with Gasteiger partial charge >= 0.3 is 0 Å². The minimum absolute atomic E-state index is 0.00532. The van der Waals surface area contributed by atoms with E-state index in [-0.39, 0.29) is 11.7 Å². The molecule has 0 aromatic carbocycles. The lowest BCUT2D eigenvalue weighted by molar-refractivity contribution is 0.0769. The maximum Gasteiger partial charge on any atom is 0.263 e. The summed E-state index contributed by atoms with van der Waals surface area (Å²) in [5.74, 6) is 0.122. The van der Waals surface area contributed by atoms with Crippen LogP contribution in [0.5, 0.6) is 0 Å². The Hall–Kier alpha value is -0.920. The van der Waals surface area contributed by atoms with Gasteiger partial charge in [0, 0.05) is 26.2 Å². The highest BCUT2D eigenvalue weighted by molar-refractivity contribution is 7.89. The summed E-state index contributed by atoms with van der Waals surface area (Å²) in [6.45, 7) is 3.63. The lowest BCUT2D eigenvalue weighted by Gasteiger charge is -2.21. The zero-order valence-electron chi connectivity index (χ0n) is 10.9. The summed E-state index contributed by atoms with van der Waals surface area (Å²) >= 11 is 1.42. The minimum Gasteiger partial charge on any atom is -0.337 e. The Morgan fingerprint density at radius 2 is 2.11 bits per heavy atom. The van der Waals surface area contributed by atoms with Crippen molar-refractivity contribution in [2.45, 2.75) is 13.3 Å². The van der Waals surface area contributed by atoms with Gasteiger partial charge in [-0.05, 0) is 24.8 Å². The third kappa shape index (κ3) is 3.34. The van der Waals surface area contributed by atoms with E-state index in [1.54, 1.807) is 17.9 Å². The molecular weight excluding hydrogens is 284 g/mol. The lowest BCUT2D eigenvalue weighted by Crippen LogP contribution is -2.37. The fourth-order valence-corrected chi connectivity index (χ4v) is 3.94. The summed E-state index contributed by atoms with van der Waals surface area (Å²) in [7, 11) is -3.15. The molecule has 1 fully saturated rings. The molecule has 0 atom stereocenters. The lowest BCUT2D eigenvalue weighted by atomic mass is 10.3. The van der Waals surface area contributed by atoms with Crippen LogP contribution >= 0.6 is 11.3 Å². The van der Waals surface area contributed by atoms with E-state index in [2.05, 4.69) is 0 Å². The largest absolute Gasteiger partial charge is 0.337 e. The van der Waals surface area contributed by atoms with Gasteiger partial charge in [-0.1, -0.05) is 6.07 Å². The number of rotatable bonds is 3. The first-order chi connectivity index (χ1) is 9.04. The summed E-state index contributed by atoms with van der Waals surface area (Å²) < 4.78 is 25.2. The zero-order valence-corrected chi connectivity index (χ0v) is 12.5. The molecule has 2 heterocycles. The van der Waals surface area contributed by atoms with Gasteiger partial charge in [-0.3, -0.25) is 4.79 Å².